The lowest BCUT2D eigenvalue weighted by Crippen LogP contribution is -2.49. The largest absolute Gasteiger partial charge is 0.429 e. The molecule has 4 rings (SSSR count). The molecule has 3 aromatic rings. The van der Waals surface area contributed by atoms with Gasteiger partial charge in [-0.05, 0) is 19.1 Å². The van der Waals surface area contributed by atoms with Gasteiger partial charge in [-0.3, -0.25) is 0 Å². The fourth-order valence-electron chi connectivity index (χ4n) is 3.02. The Kier molecular flexibility index (Phi) is 4.97. The van der Waals surface area contributed by atoms with Gasteiger partial charge in [-0.15, -0.1) is 11.3 Å². The lowest BCUT2D eigenvalue weighted by Gasteiger charge is -2.31. The maximum absolute atomic E-state index is 13.6. The first-order valence-corrected chi connectivity index (χ1v) is 10.2. The minimum atomic E-state index is -3.65. The van der Waals surface area contributed by atoms with Crippen LogP contribution in [-0.2, 0) is 0 Å². The van der Waals surface area contributed by atoms with E-state index in [2.05, 4.69) is 22.1 Å². The number of aromatic nitrogens is 2. The molecule has 3 heterocycles. The molecule has 10 heteroatoms. The summed E-state index contributed by atoms with van der Waals surface area (Å²) in [5.41, 5.74) is 1.37. The number of thiazole rings is 2. The second kappa shape index (κ2) is 7.27. The number of alkyl halides is 2. The summed E-state index contributed by atoms with van der Waals surface area (Å²) in [6.07, 6.45) is -1.95. The number of aliphatic hydroxyl groups is 1. The Morgan fingerprint density at radius 3 is 3.00 bits per heavy atom. The Labute approximate surface area is 162 Å². The van der Waals surface area contributed by atoms with Gasteiger partial charge < -0.3 is 20.1 Å². The molecule has 1 saturated heterocycles. The van der Waals surface area contributed by atoms with Gasteiger partial charge in [0.15, 0.2) is 5.13 Å². The van der Waals surface area contributed by atoms with E-state index in [1.54, 1.807) is 12.3 Å². The number of rotatable bonds is 5. The van der Waals surface area contributed by atoms with Crippen LogP contribution in [0.5, 0.6) is 5.75 Å². The van der Waals surface area contributed by atoms with Crippen molar-refractivity contribution in [3.05, 3.63) is 23.7 Å². The molecular weight excluding hydrogens is 394 g/mol. The standard InChI is InChI=1S/C17H18F2N4O2S2/c1-10-8-23(6-4-20-10)16-22-13-11(15-21-5-7-26-15)2-3-12(14(13)27-16)25-17(18,19)9-24/h2-3,5,7,10,20,24H,4,6,8-9H2,1H3/t10-/m1/s1. The van der Waals surface area contributed by atoms with Gasteiger partial charge in [0.2, 0.25) is 0 Å². The van der Waals surface area contributed by atoms with Crippen LogP contribution >= 0.6 is 22.7 Å². The lowest BCUT2D eigenvalue weighted by molar-refractivity contribution is -0.200. The molecule has 6 nitrogen and oxygen atoms in total. The molecule has 1 fully saturated rings. The molecule has 1 aliphatic rings. The van der Waals surface area contributed by atoms with Crippen LogP contribution in [0.4, 0.5) is 13.9 Å². The van der Waals surface area contributed by atoms with E-state index in [9.17, 15) is 8.78 Å². The number of nitrogens with zero attached hydrogens (tertiary/aromatic N) is 3. The van der Waals surface area contributed by atoms with Gasteiger partial charge in [-0.25, -0.2) is 9.97 Å². The van der Waals surface area contributed by atoms with Crippen molar-refractivity contribution in [3.8, 4) is 16.3 Å². The topological polar surface area (TPSA) is 70.5 Å². The maximum Gasteiger partial charge on any atom is 0.421 e. The number of ether oxygens (including phenoxy) is 1. The number of halogens is 2. The molecule has 0 aliphatic carbocycles. The van der Waals surface area contributed by atoms with E-state index >= 15 is 0 Å². The summed E-state index contributed by atoms with van der Waals surface area (Å²) in [5, 5.41) is 15.6. The number of nitrogens with one attached hydrogen (secondary N) is 1. The van der Waals surface area contributed by atoms with Gasteiger partial charge in [-0.1, -0.05) is 11.3 Å². The van der Waals surface area contributed by atoms with Crippen LogP contribution in [-0.4, -0.2) is 53.5 Å². The maximum atomic E-state index is 13.6. The fourth-order valence-corrected chi connectivity index (χ4v) is 4.76. The summed E-state index contributed by atoms with van der Waals surface area (Å²) < 4.78 is 32.6. The summed E-state index contributed by atoms with van der Waals surface area (Å²) in [7, 11) is 0. The molecule has 0 saturated carbocycles. The van der Waals surface area contributed by atoms with Gasteiger partial charge >= 0.3 is 6.11 Å². The molecule has 0 unspecified atom stereocenters. The smallest absolute Gasteiger partial charge is 0.421 e. The van der Waals surface area contributed by atoms with Crippen LogP contribution < -0.4 is 15.0 Å². The summed E-state index contributed by atoms with van der Waals surface area (Å²) in [4.78, 5) is 11.2. The molecule has 2 aromatic heterocycles. The molecule has 0 amide bonds. The van der Waals surface area contributed by atoms with Gasteiger partial charge in [0, 0.05) is 42.8 Å². The first-order chi connectivity index (χ1) is 13.0. The summed E-state index contributed by atoms with van der Waals surface area (Å²) >= 11 is 2.78. The predicted molar refractivity (Wildman–Crippen MR) is 103 cm³/mol. The minimum absolute atomic E-state index is 0.0105. The first-order valence-electron chi connectivity index (χ1n) is 8.46. The zero-order valence-corrected chi connectivity index (χ0v) is 16.1. The molecule has 144 valence electrons. The highest BCUT2D eigenvalue weighted by Gasteiger charge is 2.32. The molecule has 0 radical (unpaired) electrons. The molecule has 1 aliphatic heterocycles. The van der Waals surface area contributed by atoms with E-state index in [1.807, 2.05) is 5.38 Å². The summed E-state index contributed by atoms with van der Waals surface area (Å²) in [6, 6.07) is 3.50. The highest BCUT2D eigenvalue weighted by Crippen LogP contribution is 2.42. The molecule has 1 atom stereocenters. The number of benzene rings is 1. The van der Waals surface area contributed by atoms with E-state index in [4.69, 9.17) is 14.8 Å². The summed E-state index contributed by atoms with van der Waals surface area (Å²) in [6.45, 7) is 3.12. The Morgan fingerprint density at radius 2 is 2.30 bits per heavy atom. The molecule has 27 heavy (non-hydrogen) atoms. The van der Waals surface area contributed by atoms with Crippen molar-refractivity contribution >= 4 is 38.0 Å². The number of fused-ring (bicyclic) bond motifs is 1. The van der Waals surface area contributed by atoms with Crippen LogP contribution in [0.1, 0.15) is 6.92 Å². The van der Waals surface area contributed by atoms with Crippen molar-refractivity contribution in [1.82, 2.24) is 15.3 Å². The van der Waals surface area contributed by atoms with Crippen molar-refractivity contribution in [3.63, 3.8) is 0 Å². The highest BCUT2D eigenvalue weighted by molar-refractivity contribution is 7.22. The average Bonchev–Trinajstić information content (AvgIpc) is 3.32. The zero-order valence-electron chi connectivity index (χ0n) is 14.5. The second-order valence-corrected chi connectivity index (χ2v) is 8.19. The Morgan fingerprint density at radius 1 is 1.44 bits per heavy atom. The molecule has 2 N–H and O–H groups in total. The van der Waals surface area contributed by atoms with E-state index in [0.717, 1.165) is 35.3 Å². The van der Waals surface area contributed by atoms with Crippen molar-refractivity contribution in [2.75, 3.05) is 31.1 Å². The van der Waals surface area contributed by atoms with E-state index in [-0.39, 0.29) is 5.75 Å². The van der Waals surface area contributed by atoms with E-state index in [1.165, 1.54) is 28.7 Å². The third kappa shape index (κ3) is 3.75. The third-order valence-electron chi connectivity index (χ3n) is 4.24. The molecule has 1 aromatic carbocycles. The van der Waals surface area contributed by atoms with E-state index in [0.29, 0.717) is 16.3 Å². The van der Waals surface area contributed by atoms with Crippen molar-refractivity contribution < 1.29 is 18.6 Å². The Balaban J connectivity index is 1.82. The van der Waals surface area contributed by atoms with Gasteiger partial charge in [0.05, 0.1) is 10.2 Å². The van der Waals surface area contributed by atoms with Gasteiger partial charge in [-0.2, -0.15) is 8.78 Å². The average molecular weight is 412 g/mol. The second-order valence-electron chi connectivity index (χ2n) is 6.32. The normalized spacial score (nSPS) is 18.2. The van der Waals surface area contributed by atoms with Crippen molar-refractivity contribution in [1.29, 1.82) is 0 Å². The SMILES string of the molecule is C[C@@H]1CN(c2nc3c(-c4nccs4)ccc(OC(F)(F)CO)c3s2)CCN1. The van der Waals surface area contributed by atoms with E-state index < -0.39 is 12.7 Å². The van der Waals surface area contributed by atoms with Crippen LogP contribution in [0.15, 0.2) is 23.7 Å². The summed E-state index contributed by atoms with van der Waals surface area (Å²) in [5.74, 6) is 0.0105. The van der Waals surface area contributed by atoms with Crippen LogP contribution in [0, 0.1) is 0 Å². The monoisotopic (exact) mass is 412 g/mol. The van der Waals surface area contributed by atoms with Crippen LogP contribution in [0.3, 0.4) is 0 Å². The van der Waals surface area contributed by atoms with Gasteiger partial charge in [0.25, 0.3) is 0 Å². The number of anilines is 1. The van der Waals surface area contributed by atoms with Gasteiger partial charge in [0.1, 0.15) is 17.4 Å². The molecule has 0 spiro atoms. The Bertz CT molecular complexity index is 933. The van der Waals surface area contributed by atoms with Crippen molar-refractivity contribution in [2.24, 2.45) is 0 Å². The molecule has 0 bridgehead atoms. The zero-order chi connectivity index (χ0) is 19.0. The third-order valence-corrected chi connectivity index (χ3v) is 6.18. The fraction of sp³-hybridized carbons (Fsp3) is 0.412. The Hall–Kier alpha value is -1.88. The number of hydrogen-bond donors (Lipinski definition) is 2. The quantitative estimate of drug-likeness (QED) is 0.671. The molecular formula is C17H18F2N4O2S2. The predicted octanol–water partition coefficient (Wildman–Crippen LogP) is 3.18. The number of hydrogen-bond acceptors (Lipinski definition) is 8. The minimum Gasteiger partial charge on any atom is -0.429 e. The lowest BCUT2D eigenvalue weighted by atomic mass is 10.2. The number of piperazine rings is 1. The highest BCUT2D eigenvalue weighted by atomic mass is 32.1. The van der Waals surface area contributed by atoms with Crippen LogP contribution in [0.25, 0.3) is 20.8 Å². The van der Waals surface area contributed by atoms with Crippen LogP contribution in [0.2, 0.25) is 0 Å². The van der Waals surface area contributed by atoms with Crippen molar-refractivity contribution in [2.45, 2.75) is 19.1 Å². The first kappa shape index (κ1) is 18.5. The number of aliphatic hydroxyl groups excluding tert-OH is 1.